The fraction of sp³-hybridized carbons (Fsp3) is 0. The van der Waals surface area contributed by atoms with E-state index in [9.17, 15) is 0 Å². The molecule has 0 atom stereocenters. The molecule has 2 aromatic rings. The third-order valence-electron chi connectivity index (χ3n) is 1.16. The van der Waals surface area contributed by atoms with Crippen LogP contribution in [0.15, 0.2) is 35.0 Å². The minimum absolute atomic E-state index is 0. The summed E-state index contributed by atoms with van der Waals surface area (Å²) in [5.74, 6) is 0. The molecule has 0 saturated heterocycles. The van der Waals surface area contributed by atoms with E-state index in [-0.39, 0.29) is 38.2 Å². The lowest BCUT2D eigenvalue weighted by Gasteiger charge is -1.69. The predicted molar refractivity (Wildman–Crippen MR) is 46.0 cm³/mol. The number of halogens is 2. The Kier molecular flexibility index (Phi) is 4.78. The van der Waals surface area contributed by atoms with Crippen LogP contribution in [0.2, 0.25) is 0 Å². The molecule has 0 bridgehead atoms. The summed E-state index contributed by atoms with van der Waals surface area (Å²) in [5.41, 5.74) is 0. The fourth-order valence-corrected chi connectivity index (χ4v) is 6.08. The highest BCUT2D eigenvalue weighted by molar-refractivity contribution is 7.08. The molecule has 0 fully saturated rings. The van der Waals surface area contributed by atoms with Gasteiger partial charge in [0.15, 0.2) is 0 Å². The molecule has 2 rings (SSSR count). The minimum atomic E-state index is 0. The Labute approximate surface area is 101 Å². The van der Waals surface area contributed by atoms with Crippen LogP contribution in [-0.2, 0) is 0 Å². The normalized spacial score (nSPS) is 9.33. The Morgan fingerprint density at radius 3 is 1.75 bits per heavy atom. The van der Waals surface area contributed by atoms with Crippen molar-refractivity contribution in [3.8, 4) is 0 Å². The van der Waals surface area contributed by atoms with E-state index >= 15 is 0 Å². The quantitative estimate of drug-likeness (QED) is 0.491. The van der Waals surface area contributed by atoms with Crippen molar-refractivity contribution < 1.29 is 38.2 Å². The Bertz CT molecular complexity index is 269. The number of hydrogen-bond donors (Lipinski definition) is 0. The van der Waals surface area contributed by atoms with Crippen molar-refractivity contribution in [3.05, 3.63) is 40.8 Å². The van der Waals surface area contributed by atoms with Crippen LogP contribution in [0, 0.1) is 5.77 Å². The van der Waals surface area contributed by atoms with E-state index in [1.54, 1.807) is 5.77 Å². The molecule has 4 heteroatoms. The molecule has 0 aliphatic carbocycles. The summed E-state index contributed by atoms with van der Waals surface area (Å²) < 4.78 is 3.12. The highest BCUT2D eigenvalue weighted by Crippen LogP contribution is 1.97. The molecule has 0 aliphatic rings. The summed E-state index contributed by atoms with van der Waals surface area (Å²) in [5, 5.41) is 4.31. The van der Waals surface area contributed by atoms with Crippen molar-refractivity contribution >= 4 is 22.7 Å². The summed E-state index contributed by atoms with van der Waals surface area (Å²) in [4.78, 5) is 0. The van der Waals surface area contributed by atoms with E-state index in [0.717, 1.165) is 0 Å². The van der Waals surface area contributed by atoms with Gasteiger partial charge < -0.3 is 17.0 Å². The zero-order valence-electron chi connectivity index (χ0n) is 6.04. The average molecular weight is 373 g/mol. The Hall–Kier alpha value is 0.610. The Balaban J connectivity index is 0.000000720. The number of rotatable bonds is 2. The maximum Gasteiger partial charge on any atom is 0.381 e. The molecule has 64 valence electrons. The summed E-state index contributed by atoms with van der Waals surface area (Å²) >= 11 is 3.89. The summed E-state index contributed by atoms with van der Waals surface area (Å²) in [6.45, 7) is 0. The van der Waals surface area contributed by atoms with Crippen LogP contribution in [0.4, 0.5) is 0 Å². The van der Waals surface area contributed by atoms with Gasteiger partial charge in [-0.25, -0.2) is 0 Å². The molecule has 0 unspecified atom stereocenters. The van der Waals surface area contributed by atoms with Gasteiger partial charge >= 0.3 is 21.2 Å². The minimum Gasteiger partial charge on any atom is -1.00 e. The van der Waals surface area contributed by atoms with Gasteiger partial charge in [0, 0.05) is 12.1 Å². The van der Waals surface area contributed by atoms with Crippen molar-refractivity contribution in [2.24, 2.45) is 0 Å². The first kappa shape index (κ1) is 10.7. The maximum atomic E-state index is 2.23. The zero-order chi connectivity index (χ0) is 7.52. The lowest BCUT2D eigenvalue weighted by atomic mass is 10.7. The summed E-state index contributed by atoms with van der Waals surface area (Å²) in [7, 11) is 0. The van der Waals surface area contributed by atoms with Crippen molar-refractivity contribution in [2.75, 3.05) is 0 Å². The van der Waals surface area contributed by atoms with E-state index in [1.165, 1.54) is 0 Å². The third kappa shape index (κ3) is 2.83. The predicted octanol–water partition coefficient (Wildman–Crippen LogP) is -3.06. The molecule has 2 aromatic heterocycles. The number of thiophene rings is 2. The molecule has 0 saturated carbocycles. The average Bonchev–Trinajstić information content (AvgIpc) is 2.60. The Morgan fingerprint density at radius 2 is 1.42 bits per heavy atom. The van der Waals surface area contributed by atoms with E-state index in [1.807, 2.05) is 22.7 Å². The molecule has 0 N–H and O–H groups in total. The van der Waals surface area contributed by atoms with Crippen LogP contribution < -0.4 is 38.2 Å². The zero-order valence-corrected chi connectivity index (χ0v) is 11.4. The molecule has 0 radical (unpaired) electrons. The second-order valence-electron chi connectivity index (χ2n) is 1.93. The number of hydrogen-bond acceptors (Lipinski definition) is 2. The van der Waals surface area contributed by atoms with E-state index in [0.29, 0.717) is 0 Å². The third-order valence-corrected chi connectivity index (χ3v) is 6.81. The van der Waals surface area contributed by atoms with Gasteiger partial charge in [0.1, 0.15) is 0 Å². The van der Waals surface area contributed by atoms with Gasteiger partial charge in [0.2, 0.25) is 5.77 Å². The van der Waals surface area contributed by atoms with Crippen LogP contribution in [0.1, 0.15) is 0 Å². The van der Waals surface area contributed by atoms with Gasteiger partial charge in [-0.2, -0.15) is 0 Å². The highest BCUT2D eigenvalue weighted by atomic mass is 127. The van der Waals surface area contributed by atoms with Gasteiger partial charge in [0.05, 0.1) is 0 Å². The molecular formula is C8H6BrIS2. The molecular weight excluding hydrogens is 367 g/mol. The Morgan fingerprint density at radius 1 is 0.917 bits per heavy atom. The second kappa shape index (κ2) is 5.36. The second-order valence-corrected chi connectivity index (χ2v) is 8.15. The molecule has 12 heavy (non-hydrogen) atoms. The molecule has 0 nitrogen and oxygen atoms in total. The van der Waals surface area contributed by atoms with E-state index < -0.39 is 0 Å². The first-order chi connectivity index (χ1) is 5.45. The highest BCUT2D eigenvalue weighted by Gasteiger charge is 2.16. The van der Waals surface area contributed by atoms with Crippen LogP contribution in [0.3, 0.4) is 0 Å². The first-order valence-electron chi connectivity index (χ1n) is 3.17. The van der Waals surface area contributed by atoms with E-state index in [2.05, 4.69) is 35.0 Å². The smallest absolute Gasteiger partial charge is 0.381 e. The standard InChI is InChI=1S/C8H6IS2.BrH/c1-3-7(10-5-1)9-8-4-2-6-11-8;/h1-6H;1H/q+1;/p-1. The van der Waals surface area contributed by atoms with E-state index in [4.69, 9.17) is 0 Å². The van der Waals surface area contributed by atoms with Gasteiger partial charge in [-0.1, -0.05) is 22.7 Å². The van der Waals surface area contributed by atoms with Crippen molar-refractivity contribution in [2.45, 2.75) is 0 Å². The van der Waals surface area contributed by atoms with Crippen LogP contribution in [-0.4, -0.2) is 0 Å². The molecule has 0 aliphatic heterocycles. The van der Waals surface area contributed by atoms with Crippen molar-refractivity contribution in [1.29, 1.82) is 0 Å². The monoisotopic (exact) mass is 372 g/mol. The summed E-state index contributed by atoms with van der Waals surface area (Å²) in [6.07, 6.45) is 0. The maximum absolute atomic E-state index is 2.23. The van der Waals surface area contributed by atoms with Crippen LogP contribution in [0.25, 0.3) is 0 Å². The SMILES string of the molecule is [Br-].c1csc([I+]c2cccs2)c1. The van der Waals surface area contributed by atoms with Crippen LogP contribution >= 0.6 is 22.7 Å². The van der Waals surface area contributed by atoms with Gasteiger partial charge in [-0.15, -0.1) is 0 Å². The molecule has 2 heterocycles. The molecule has 0 amide bonds. The lowest BCUT2D eigenvalue weighted by Crippen LogP contribution is -3.61. The molecule has 0 aromatic carbocycles. The van der Waals surface area contributed by atoms with Crippen LogP contribution in [0.5, 0.6) is 0 Å². The molecule has 0 spiro atoms. The topological polar surface area (TPSA) is 0 Å². The van der Waals surface area contributed by atoms with Crippen molar-refractivity contribution in [3.63, 3.8) is 0 Å². The lowest BCUT2D eigenvalue weighted by molar-refractivity contribution is -0.585. The summed E-state index contributed by atoms with van der Waals surface area (Å²) in [6, 6.07) is 8.73. The fourth-order valence-electron chi connectivity index (χ4n) is 0.716. The van der Waals surface area contributed by atoms with Crippen molar-refractivity contribution in [1.82, 2.24) is 0 Å². The van der Waals surface area contributed by atoms with Gasteiger partial charge in [0.25, 0.3) is 0 Å². The van der Waals surface area contributed by atoms with Gasteiger partial charge in [-0.05, 0) is 22.9 Å². The largest absolute Gasteiger partial charge is 1.00 e. The first-order valence-corrected chi connectivity index (χ1v) is 7.09. The van der Waals surface area contributed by atoms with Gasteiger partial charge in [-0.3, -0.25) is 0 Å².